The largest absolute Gasteiger partial charge is 0.484 e. The van der Waals surface area contributed by atoms with Crippen molar-refractivity contribution < 1.29 is 19.4 Å². The maximum absolute atomic E-state index is 11.8. The van der Waals surface area contributed by atoms with Gasteiger partial charge in [-0.25, -0.2) is 0 Å². The van der Waals surface area contributed by atoms with E-state index in [4.69, 9.17) is 9.84 Å². The van der Waals surface area contributed by atoms with Gasteiger partial charge >= 0.3 is 5.97 Å². The van der Waals surface area contributed by atoms with Crippen LogP contribution in [0.3, 0.4) is 0 Å². The maximum Gasteiger partial charge on any atom is 0.303 e. The lowest BCUT2D eigenvalue weighted by atomic mass is 9.66. The Labute approximate surface area is 124 Å². The normalized spacial score (nSPS) is 15.9. The highest BCUT2D eigenvalue weighted by Gasteiger charge is 2.39. The Balaban J connectivity index is 1.76. The molecule has 0 aliphatic heterocycles. The molecule has 1 amide bonds. The third-order valence-corrected chi connectivity index (χ3v) is 3.96. The van der Waals surface area contributed by atoms with Crippen LogP contribution in [0.5, 0.6) is 5.75 Å². The van der Waals surface area contributed by atoms with Gasteiger partial charge in [-0.1, -0.05) is 18.6 Å². The molecule has 1 aliphatic carbocycles. The fourth-order valence-electron chi connectivity index (χ4n) is 2.60. The van der Waals surface area contributed by atoms with E-state index in [1.54, 1.807) is 6.07 Å². The molecule has 0 bridgehead atoms. The second kappa shape index (κ2) is 6.61. The van der Waals surface area contributed by atoms with Crippen LogP contribution in [0.15, 0.2) is 24.3 Å². The molecule has 114 valence electrons. The predicted octanol–water partition coefficient (Wildman–Crippen LogP) is 2.14. The Hall–Kier alpha value is -2.04. The number of aliphatic carboxylic acids is 1. The zero-order valence-electron chi connectivity index (χ0n) is 12.2. The first kappa shape index (κ1) is 15.4. The van der Waals surface area contributed by atoms with E-state index in [-0.39, 0.29) is 24.3 Å². The zero-order valence-corrected chi connectivity index (χ0v) is 12.2. The summed E-state index contributed by atoms with van der Waals surface area (Å²) in [6, 6.07) is 7.50. The first-order valence-corrected chi connectivity index (χ1v) is 7.17. The van der Waals surface area contributed by atoms with E-state index in [1.807, 2.05) is 25.1 Å². The molecule has 2 rings (SSSR count). The highest BCUT2D eigenvalue weighted by atomic mass is 16.5. The minimum Gasteiger partial charge on any atom is -0.484 e. The Kier molecular flexibility index (Phi) is 4.83. The van der Waals surface area contributed by atoms with Crippen molar-refractivity contribution in [2.24, 2.45) is 5.41 Å². The van der Waals surface area contributed by atoms with Crippen molar-refractivity contribution in [3.05, 3.63) is 29.8 Å². The smallest absolute Gasteiger partial charge is 0.303 e. The van der Waals surface area contributed by atoms with Crippen molar-refractivity contribution in [3.63, 3.8) is 0 Å². The van der Waals surface area contributed by atoms with Crippen molar-refractivity contribution in [2.45, 2.75) is 32.6 Å². The molecule has 5 heteroatoms. The number of carboxylic acid groups (broad SMARTS) is 1. The number of hydrogen-bond donors (Lipinski definition) is 2. The zero-order chi connectivity index (χ0) is 15.3. The molecule has 1 saturated carbocycles. The van der Waals surface area contributed by atoms with Crippen LogP contribution in [0.4, 0.5) is 0 Å². The number of carboxylic acids is 1. The quantitative estimate of drug-likeness (QED) is 0.807. The molecule has 0 aromatic heterocycles. The summed E-state index contributed by atoms with van der Waals surface area (Å²) in [5.74, 6) is -0.359. The third kappa shape index (κ3) is 4.48. The number of hydrogen-bond acceptors (Lipinski definition) is 3. The summed E-state index contributed by atoms with van der Waals surface area (Å²) in [5.41, 5.74) is 0.813. The third-order valence-electron chi connectivity index (χ3n) is 3.96. The predicted molar refractivity (Wildman–Crippen MR) is 78.2 cm³/mol. The van der Waals surface area contributed by atoms with Gasteiger partial charge in [-0.15, -0.1) is 0 Å². The van der Waals surface area contributed by atoms with Crippen LogP contribution < -0.4 is 10.1 Å². The standard InChI is InChI=1S/C16H21NO4/c1-12-4-2-5-13(8-12)21-10-14(18)17-11-16(6-3-7-16)9-15(19)20/h2,4-5,8H,3,6-7,9-11H2,1H3,(H,17,18)(H,19,20). The molecule has 0 radical (unpaired) electrons. The van der Waals surface area contributed by atoms with Gasteiger partial charge in [0.1, 0.15) is 5.75 Å². The van der Waals surface area contributed by atoms with Crippen molar-refractivity contribution in [2.75, 3.05) is 13.2 Å². The summed E-state index contributed by atoms with van der Waals surface area (Å²) < 4.78 is 5.42. The summed E-state index contributed by atoms with van der Waals surface area (Å²) in [6.07, 6.45) is 2.87. The van der Waals surface area contributed by atoms with Crippen molar-refractivity contribution in [3.8, 4) is 5.75 Å². The van der Waals surface area contributed by atoms with Crippen molar-refractivity contribution in [1.29, 1.82) is 0 Å². The minimum atomic E-state index is -0.806. The van der Waals surface area contributed by atoms with E-state index < -0.39 is 5.97 Å². The highest BCUT2D eigenvalue weighted by Crippen LogP contribution is 2.43. The van der Waals surface area contributed by atoms with Gasteiger partial charge in [0.2, 0.25) is 0 Å². The van der Waals surface area contributed by atoms with Gasteiger partial charge < -0.3 is 15.2 Å². The molecule has 2 N–H and O–H groups in total. The number of rotatable bonds is 7. The number of carbonyl (C=O) groups excluding carboxylic acids is 1. The number of benzene rings is 1. The summed E-state index contributed by atoms with van der Waals surface area (Å²) in [6.45, 7) is 2.32. The van der Waals surface area contributed by atoms with Gasteiger partial charge in [0.15, 0.2) is 6.61 Å². The average molecular weight is 291 g/mol. The lowest BCUT2D eigenvalue weighted by Gasteiger charge is -2.40. The lowest BCUT2D eigenvalue weighted by molar-refractivity contribution is -0.142. The molecule has 0 heterocycles. The summed E-state index contributed by atoms with van der Waals surface area (Å²) in [4.78, 5) is 22.6. The van der Waals surface area contributed by atoms with Crippen LogP contribution in [-0.2, 0) is 9.59 Å². The highest BCUT2D eigenvalue weighted by molar-refractivity contribution is 5.77. The summed E-state index contributed by atoms with van der Waals surface area (Å²) >= 11 is 0. The Morgan fingerprint density at radius 2 is 2.14 bits per heavy atom. The molecule has 0 spiro atoms. The van der Waals surface area contributed by atoms with E-state index in [0.717, 1.165) is 24.8 Å². The molecule has 0 saturated heterocycles. The van der Waals surface area contributed by atoms with Gasteiger partial charge in [0, 0.05) is 6.54 Å². The average Bonchev–Trinajstić information content (AvgIpc) is 2.39. The second-order valence-corrected chi connectivity index (χ2v) is 5.81. The topological polar surface area (TPSA) is 75.6 Å². The molecule has 21 heavy (non-hydrogen) atoms. The molecular weight excluding hydrogens is 270 g/mol. The van der Waals surface area contributed by atoms with E-state index in [1.165, 1.54) is 0 Å². The number of aryl methyl sites for hydroxylation is 1. The Morgan fingerprint density at radius 1 is 1.38 bits per heavy atom. The van der Waals surface area contributed by atoms with Crippen molar-refractivity contribution in [1.82, 2.24) is 5.32 Å². The van der Waals surface area contributed by atoms with Crippen molar-refractivity contribution >= 4 is 11.9 Å². The minimum absolute atomic E-state index is 0.0490. The van der Waals surface area contributed by atoms with E-state index in [9.17, 15) is 9.59 Å². The van der Waals surface area contributed by atoms with Crippen LogP contribution in [0.2, 0.25) is 0 Å². The number of carbonyl (C=O) groups is 2. The number of amides is 1. The second-order valence-electron chi connectivity index (χ2n) is 5.81. The van der Waals surface area contributed by atoms with E-state index in [0.29, 0.717) is 12.3 Å². The van der Waals surface area contributed by atoms with Crippen LogP contribution in [0.1, 0.15) is 31.2 Å². The summed E-state index contributed by atoms with van der Waals surface area (Å²) in [7, 11) is 0. The van der Waals surface area contributed by atoms with Gasteiger partial charge in [0.25, 0.3) is 5.91 Å². The first-order chi connectivity index (χ1) is 9.99. The van der Waals surface area contributed by atoms with E-state index >= 15 is 0 Å². The van der Waals surface area contributed by atoms with Gasteiger partial charge in [0.05, 0.1) is 6.42 Å². The molecule has 0 atom stereocenters. The molecule has 5 nitrogen and oxygen atoms in total. The fourth-order valence-corrected chi connectivity index (χ4v) is 2.60. The van der Waals surface area contributed by atoms with Crippen LogP contribution in [0.25, 0.3) is 0 Å². The fraction of sp³-hybridized carbons (Fsp3) is 0.500. The monoisotopic (exact) mass is 291 g/mol. The Bertz CT molecular complexity index is 523. The molecular formula is C16H21NO4. The maximum atomic E-state index is 11.8. The van der Waals surface area contributed by atoms with Gasteiger partial charge in [-0.3, -0.25) is 9.59 Å². The molecule has 1 fully saturated rings. The van der Waals surface area contributed by atoms with Crippen LogP contribution in [-0.4, -0.2) is 30.1 Å². The van der Waals surface area contributed by atoms with Crippen LogP contribution in [0, 0.1) is 12.3 Å². The lowest BCUT2D eigenvalue weighted by Crippen LogP contribution is -2.44. The van der Waals surface area contributed by atoms with Gasteiger partial charge in [-0.2, -0.15) is 0 Å². The van der Waals surface area contributed by atoms with Crippen LogP contribution >= 0.6 is 0 Å². The molecule has 1 aliphatic rings. The van der Waals surface area contributed by atoms with Gasteiger partial charge in [-0.05, 0) is 42.9 Å². The summed E-state index contributed by atoms with van der Waals surface area (Å²) in [5, 5.41) is 11.7. The number of ether oxygens (including phenoxy) is 1. The first-order valence-electron chi connectivity index (χ1n) is 7.17. The number of nitrogens with one attached hydrogen (secondary N) is 1. The molecule has 1 aromatic carbocycles. The Morgan fingerprint density at radius 3 is 2.71 bits per heavy atom. The molecule has 0 unspecified atom stereocenters. The molecule has 1 aromatic rings. The SMILES string of the molecule is Cc1cccc(OCC(=O)NCC2(CC(=O)O)CCC2)c1. The van der Waals surface area contributed by atoms with E-state index in [2.05, 4.69) is 5.32 Å².